The van der Waals surface area contributed by atoms with Crippen molar-refractivity contribution in [3.8, 4) is 0 Å². The molecule has 1 fully saturated rings. The van der Waals surface area contributed by atoms with E-state index in [2.05, 4.69) is 10.1 Å². The predicted octanol–water partition coefficient (Wildman–Crippen LogP) is 2.05. The standard InChI is InChI=1S/C12H14ClN3O2/c1-8-7-16(5-3-11(8)15-18)12(17)9-2-4-14-6-10(9)13/h2,4,6,8,18H,3,5,7H2,1H3/b15-11+. The lowest BCUT2D eigenvalue weighted by atomic mass is 9.97. The average Bonchev–Trinajstić information content (AvgIpc) is 2.38. The maximum atomic E-state index is 12.3. The molecule has 0 spiro atoms. The monoisotopic (exact) mass is 267 g/mol. The van der Waals surface area contributed by atoms with Crippen LogP contribution in [0.15, 0.2) is 23.6 Å². The van der Waals surface area contributed by atoms with Gasteiger partial charge in [-0.1, -0.05) is 23.7 Å². The van der Waals surface area contributed by atoms with Gasteiger partial charge in [0, 0.05) is 37.8 Å². The van der Waals surface area contributed by atoms with Crippen LogP contribution in [0.25, 0.3) is 0 Å². The summed E-state index contributed by atoms with van der Waals surface area (Å²) in [7, 11) is 0. The first-order valence-corrected chi connectivity index (χ1v) is 6.11. The quantitative estimate of drug-likeness (QED) is 0.626. The minimum Gasteiger partial charge on any atom is -0.411 e. The number of amides is 1. The van der Waals surface area contributed by atoms with E-state index >= 15 is 0 Å². The summed E-state index contributed by atoms with van der Waals surface area (Å²) in [6, 6.07) is 1.62. The van der Waals surface area contributed by atoms with Crippen molar-refractivity contribution >= 4 is 23.2 Å². The molecular weight excluding hydrogens is 254 g/mol. The number of pyridine rings is 1. The number of piperidine rings is 1. The van der Waals surface area contributed by atoms with Crippen LogP contribution in [-0.4, -0.2) is 39.8 Å². The molecule has 1 aromatic heterocycles. The van der Waals surface area contributed by atoms with Gasteiger partial charge in [-0.2, -0.15) is 0 Å². The zero-order valence-corrected chi connectivity index (χ0v) is 10.8. The summed E-state index contributed by atoms with van der Waals surface area (Å²) in [5.74, 6) is -0.0421. The Kier molecular flexibility index (Phi) is 3.81. The summed E-state index contributed by atoms with van der Waals surface area (Å²) >= 11 is 5.96. The Bertz CT molecular complexity index is 490. The molecule has 6 heteroatoms. The van der Waals surface area contributed by atoms with Gasteiger partial charge in [-0.25, -0.2) is 0 Å². The Morgan fingerprint density at radius 3 is 3.06 bits per heavy atom. The fourth-order valence-corrected chi connectivity index (χ4v) is 2.28. The van der Waals surface area contributed by atoms with Gasteiger partial charge < -0.3 is 10.1 Å². The highest BCUT2D eigenvalue weighted by Crippen LogP contribution is 2.20. The fraction of sp³-hybridized carbons (Fsp3) is 0.417. The normalized spacial score (nSPS) is 22.2. The van der Waals surface area contributed by atoms with Gasteiger partial charge in [0.1, 0.15) is 0 Å². The molecule has 1 aliphatic heterocycles. The van der Waals surface area contributed by atoms with E-state index in [1.54, 1.807) is 17.2 Å². The van der Waals surface area contributed by atoms with E-state index in [1.165, 1.54) is 6.20 Å². The lowest BCUT2D eigenvalue weighted by Crippen LogP contribution is -2.43. The molecule has 0 bridgehead atoms. The second-order valence-electron chi connectivity index (χ2n) is 4.35. The SMILES string of the molecule is CC1CN(C(=O)c2ccncc2Cl)CC/C1=N\O. The van der Waals surface area contributed by atoms with Crippen LogP contribution in [0.2, 0.25) is 5.02 Å². The summed E-state index contributed by atoms with van der Waals surface area (Å²) in [5, 5.41) is 12.4. The zero-order chi connectivity index (χ0) is 13.1. The number of hydrogen-bond acceptors (Lipinski definition) is 4. The highest BCUT2D eigenvalue weighted by molar-refractivity contribution is 6.33. The molecule has 1 unspecified atom stereocenters. The minimum atomic E-state index is -0.105. The van der Waals surface area contributed by atoms with Gasteiger partial charge in [0.25, 0.3) is 5.91 Å². The van der Waals surface area contributed by atoms with E-state index < -0.39 is 0 Å². The molecule has 1 saturated heterocycles. The number of rotatable bonds is 1. The molecular formula is C12H14ClN3O2. The van der Waals surface area contributed by atoms with Crippen molar-refractivity contribution in [2.24, 2.45) is 11.1 Å². The summed E-state index contributed by atoms with van der Waals surface area (Å²) in [6.07, 6.45) is 3.60. The van der Waals surface area contributed by atoms with Crippen LogP contribution in [-0.2, 0) is 0 Å². The van der Waals surface area contributed by atoms with Crippen molar-refractivity contribution < 1.29 is 10.0 Å². The number of nitrogens with zero attached hydrogens (tertiary/aromatic N) is 3. The van der Waals surface area contributed by atoms with E-state index in [-0.39, 0.29) is 11.8 Å². The number of hydrogen-bond donors (Lipinski definition) is 1. The predicted molar refractivity (Wildman–Crippen MR) is 68.2 cm³/mol. The molecule has 0 aliphatic carbocycles. The van der Waals surface area contributed by atoms with Crippen LogP contribution in [0.1, 0.15) is 23.7 Å². The molecule has 5 nitrogen and oxygen atoms in total. The molecule has 2 heterocycles. The molecule has 1 amide bonds. The number of carbonyl (C=O) groups is 1. The minimum absolute atomic E-state index is 0.0633. The Morgan fingerprint density at radius 1 is 1.67 bits per heavy atom. The van der Waals surface area contributed by atoms with Crippen LogP contribution in [0.5, 0.6) is 0 Å². The Balaban J connectivity index is 2.15. The molecule has 0 saturated carbocycles. The van der Waals surface area contributed by atoms with Crippen LogP contribution in [0.3, 0.4) is 0 Å². The van der Waals surface area contributed by atoms with Crippen LogP contribution < -0.4 is 0 Å². The fourth-order valence-electron chi connectivity index (χ4n) is 2.08. The van der Waals surface area contributed by atoms with Crippen LogP contribution in [0, 0.1) is 5.92 Å². The number of halogens is 1. The van der Waals surface area contributed by atoms with Crippen LogP contribution >= 0.6 is 11.6 Å². The van der Waals surface area contributed by atoms with Gasteiger partial charge in [0.2, 0.25) is 0 Å². The lowest BCUT2D eigenvalue weighted by Gasteiger charge is -2.31. The van der Waals surface area contributed by atoms with Gasteiger partial charge in [0.05, 0.1) is 16.3 Å². The number of aromatic nitrogens is 1. The number of likely N-dealkylation sites (tertiary alicyclic amines) is 1. The smallest absolute Gasteiger partial charge is 0.255 e. The van der Waals surface area contributed by atoms with Crippen LogP contribution in [0.4, 0.5) is 0 Å². The average molecular weight is 268 g/mol. The van der Waals surface area contributed by atoms with Crippen molar-refractivity contribution in [3.05, 3.63) is 29.0 Å². The molecule has 1 aromatic rings. The maximum Gasteiger partial charge on any atom is 0.255 e. The Labute approximate surface area is 110 Å². The Morgan fingerprint density at radius 2 is 2.44 bits per heavy atom. The third-order valence-electron chi connectivity index (χ3n) is 3.12. The summed E-state index contributed by atoms with van der Waals surface area (Å²) < 4.78 is 0. The highest BCUT2D eigenvalue weighted by Gasteiger charge is 2.27. The summed E-state index contributed by atoms with van der Waals surface area (Å²) in [6.45, 7) is 3.01. The largest absolute Gasteiger partial charge is 0.411 e. The first kappa shape index (κ1) is 12.8. The number of carbonyl (C=O) groups excluding carboxylic acids is 1. The van der Waals surface area contributed by atoms with E-state index in [0.717, 1.165) is 5.71 Å². The van der Waals surface area contributed by atoms with Gasteiger partial charge in [-0.3, -0.25) is 9.78 Å². The second-order valence-corrected chi connectivity index (χ2v) is 4.76. The van der Waals surface area contributed by atoms with Crippen molar-refractivity contribution in [1.82, 2.24) is 9.88 Å². The van der Waals surface area contributed by atoms with E-state index in [0.29, 0.717) is 30.1 Å². The topological polar surface area (TPSA) is 65.8 Å². The van der Waals surface area contributed by atoms with E-state index in [4.69, 9.17) is 16.8 Å². The van der Waals surface area contributed by atoms with Crippen molar-refractivity contribution in [3.63, 3.8) is 0 Å². The molecule has 0 aromatic carbocycles. The molecule has 0 radical (unpaired) electrons. The molecule has 96 valence electrons. The van der Waals surface area contributed by atoms with Gasteiger partial charge in [0.15, 0.2) is 0 Å². The summed E-state index contributed by atoms with van der Waals surface area (Å²) in [5.41, 5.74) is 1.20. The summed E-state index contributed by atoms with van der Waals surface area (Å²) in [4.78, 5) is 17.9. The van der Waals surface area contributed by atoms with Gasteiger partial charge in [-0.15, -0.1) is 0 Å². The lowest BCUT2D eigenvalue weighted by molar-refractivity contribution is 0.0734. The maximum absolute atomic E-state index is 12.3. The highest BCUT2D eigenvalue weighted by atomic mass is 35.5. The number of oxime groups is 1. The first-order valence-electron chi connectivity index (χ1n) is 5.73. The van der Waals surface area contributed by atoms with Gasteiger partial charge in [-0.05, 0) is 6.07 Å². The molecule has 18 heavy (non-hydrogen) atoms. The van der Waals surface area contributed by atoms with E-state index in [9.17, 15) is 4.79 Å². The molecule has 1 aliphatic rings. The Hall–Kier alpha value is -1.62. The van der Waals surface area contributed by atoms with Crippen molar-refractivity contribution in [2.75, 3.05) is 13.1 Å². The van der Waals surface area contributed by atoms with Crippen molar-refractivity contribution in [2.45, 2.75) is 13.3 Å². The third-order valence-corrected chi connectivity index (χ3v) is 3.42. The van der Waals surface area contributed by atoms with Crippen molar-refractivity contribution in [1.29, 1.82) is 0 Å². The first-order chi connectivity index (χ1) is 8.63. The zero-order valence-electron chi connectivity index (χ0n) is 10.0. The third kappa shape index (κ3) is 2.46. The van der Waals surface area contributed by atoms with Gasteiger partial charge >= 0.3 is 0 Å². The molecule has 1 N–H and O–H groups in total. The molecule has 1 atom stereocenters. The molecule has 2 rings (SSSR count). The second kappa shape index (κ2) is 5.35. The van der Waals surface area contributed by atoms with E-state index in [1.807, 2.05) is 6.92 Å².